The minimum absolute atomic E-state index is 0.0861. The van der Waals surface area contributed by atoms with Crippen molar-refractivity contribution in [2.24, 2.45) is 11.8 Å². The quantitative estimate of drug-likeness (QED) is 0.607. The van der Waals surface area contributed by atoms with Crippen LogP contribution in [0.25, 0.3) is 0 Å². The molecule has 4 rings (SSSR count). The van der Waals surface area contributed by atoms with E-state index >= 15 is 0 Å². The molecule has 2 aliphatic heterocycles. The maximum absolute atomic E-state index is 13.5. The molecule has 0 atom stereocenters. The molecule has 2 aromatic rings. The molecule has 1 aromatic carbocycles. The Morgan fingerprint density at radius 1 is 1.11 bits per heavy atom. The van der Waals surface area contributed by atoms with Crippen LogP contribution in [0.5, 0.6) is 0 Å². The number of nitrogens with one attached hydrogen (secondary N) is 2. The van der Waals surface area contributed by atoms with Crippen molar-refractivity contribution in [1.82, 2.24) is 15.2 Å². The van der Waals surface area contributed by atoms with Crippen LogP contribution in [-0.4, -0.2) is 63.5 Å². The van der Waals surface area contributed by atoms with E-state index in [-0.39, 0.29) is 10.8 Å². The van der Waals surface area contributed by atoms with E-state index in [0.717, 1.165) is 51.0 Å². The van der Waals surface area contributed by atoms with Crippen LogP contribution in [0.1, 0.15) is 49.5 Å². The van der Waals surface area contributed by atoms with Crippen LogP contribution in [0.15, 0.2) is 41.4 Å². The molecule has 3 heterocycles. The molecule has 0 bridgehead atoms. The topological polar surface area (TPSA) is 94.6 Å². The first-order valence-corrected chi connectivity index (χ1v) is 14.1. The number of rotatable bonds is 7. The van der Waals surface area contributed by atoms with Gasteiger partial charge >= 0.3 is 0 Å². The van der Waals surface area contributed by atoms with E-state index in [1.165, 1.54) is 6.20 Å². The molecule has 0 spiro atoms. The van der Waals surface area contributed by atoms with Gasteiger partial charge in [-0.25, -0.2) is 13.4 Å². The van der Waals surface area contributed by atoms with E-state index in [9.17, 15) is 13.2 Å². The number of piperazine rings is 1. The molecule has 190 valence electrons. The number of amides is 1. The van der Waals surface area contributed by atoms with Crippen LogP contribution < -0.4 is 14.9 Å². The molecule has 2 aliphatic rings. The summed E-state index contributed by atoms with van der Waals surface area (Å²) >= 11 is 0. The van der Waals surface area contributed by atoms with Crippen molar-refractivity contribution in [3.8, 4) is 0 Å². The highest BCUT2D eigenvalue weighted by Crippen LogP contribution is 2.27. The number of likely N-dealkylation sites (tertiary alicyclic amines) is 1. The van der Waals surface area contributed by atoms with Gasteiger partial charge in [0.05, 0.1) is 22.3 Å². The molecular weight excluding hydrogens is 462 g/mol. The number of aromatic nitrogens is 1. The second-order valence-corrected chi connectivity index (χ2v) is 11.8. The van der Waals surface area contributed by atoms with Crippen LogP contribution >= 0.6 is 0 Å². The monoisotopic (exact) mass is 499 g/mol. The summed E-state index contributed by atoms with van der Waals surface area (Å²) in [5.74, 6) is 1.64. The van der Waals surface area contributed by atoms with Gasteiger partial charge in [0.1, 0.15) is 5.82 Å². The van der Waals surface area contributed by atoms with Crippen molar-refractivity contribution in [2.75, 3.05) is 48.9 Å². The van der Waals surface area contributed by atoms with Crippen molar-refractivity contribution >= 4 is 27.4 Å². The van der Waals surface area contributed by atoms with Gasteiger partial charge in [0.15, 0.2) is 0 Å². The second kappa shape index (κ2) is 11.0. The average molecular weight is 500 g/mol. The Morgan fingerprint density at radius 2 is 1.77 bits per heavy atom. The maximum Gasteiger partial charge on any atom is 0.261 e. The van der Waals surface area contributed by atoms with E-state index in [0.29, 0.717) is 42.0 Å². The van der Waals surface area contributed by atoms with Crippen LogP contribution in [0.3, 0.4) is 0 Å². The number of sulfonamides is 1. The summed E-state index contributed by atoms with van der Waals surface area (Å²) in [5, 5.41) is 3.32. The van der Waals surface area contributed by atoms with E-state index in [4.69, 9.17) is 0 Å². The highest BCUT2D eigenvalue weighted by molar-refractivity contribution is 7.92. The van der Waals surface area contributed by atoms with E-state index in [2.05, 4.69) is 40.7 Å². The Labute approximate surface area is 209 Å². The number of hydrogen-bond acceptors (Lipinski definition) is 6. The first-order valence-electron chi connectivity index (χ1n) is 12.6. The molecule has 1 aromatic heterocycles. The normalized spacial score (nSPS) is 17.6. The van der Waals surface area contributed by atoms with Crippen LogP contribution in [0.4, 0.5) is 11.5 Å². The molecule has 2 saturated heterocycles. The number of piperidine rings is 1. The highest BCUT2D eigenvalue weighted by Gasteiger charge is 2.27. The lowest BCUT2D eigenvalue weighted by Gasteiger charge is -2.33. The van der Waals surface area contributed by atoms with Gasteiger partial charge in [-0.05, 0) is 54.9 Å². The number of carbonyl (C=O) groups is 1. The Balaban J connectivity index is 1.60. The van der Waals surface area contributed by atoms with Gasteiger partial charge in [-0.1, -0.05) is 32.9 Å². The summed E-state index contributed by atoms with van der Waals surface area (Å²) < 4.78 is 28.8. The molecule has 2 N–H and O–H groups in total. The first kappa shape index (κ1) is 25.4. The third-order valence-corrected chi connectivity index (χ3v) is 8.11. The smallest absolute Gasteiger partial charge is 0.261 e. The number of nitrogens with zero attached hydrogens (tertiary/aromatic N) is 3. The fourth-order valence-electron chi connectivity index (χ4n) is 4.67. The fourth-order valence-corrected chi connectivity index (χ4v) is 5.71. The third-order valence-electron chi connectivity index (χ3n) is 6.71. The summed E-state index contributed by atoms with van der Waals surface area (Å²) in [6, 6.07) is 8.61. The van der Waals surface area contributed by atoms with Crippen molar-refractivity contribution in [2.45, 2.75) is 44.9 Å². The number of pyridine rings is 1. The Bertz CT molecular complexity index is 1120. The zero-order chi connectivity index (χ0) is 25.0. The molecule has 2 fully saturated rings. The predicted molar refractivity (Wildman–Crippen MR) is 139 cm³/mol. The van der Waals surface area contributed by atoms with Gasteiger partial charge < -0.3 is 15.1 Å². The summed E-state index contributed by atoms with van der Waals surface area (Å²) in [5.41, 5.74) is 1.85. The Morgan fingerprint density at radius 3 is 2.40 bits per heavy atom. The van der Waals surface area contributed by atoms with Crippen molar-refractivity contribution in [1.29, 1.82) is 0 Å². The summed E-state index contributed by atoms with van der Waals surface area (Å²) in [6.45, 7) is 11.0. The zero-order valence-electron chi connectivity index (χ0n) is 21.0. The molecule has 0 saturated carbocycles. The lowest BCUT2D eigenvalue weighted by Crippen LogP contribution is -2.45. The molecule has 0 aliphatic carbocycles. The van der Waals surface area contributed by atoms with Crippen molar-refractivity contribution in [3.63, 3.8) is 0 Å². The number of carbonyl (C=O) groups excluding carboxylic acids is 1. The molecule has 1 amide bonds. The van der Waals surface area contributed by atoms with Crippen LogP contribution in [0.2, 0.25) is 0 Å². The fraction of sp³-hybridized carbons (Fsp3) is 0.538. The first-order chi connectivity index (χ1) is 16.7. The molecular formula is C26H37N5O3S. The summed E-state index contributed by atoms with van der Waals surface area (Å²) in [7, 11) is -3.81. The Hall–Kier alpha value is -2.65. The third kappa shape index (κ3) is 6.32. The lowest BCUT2D eigenvalue weighted by molar-refractivity contribution is 0.0697. The van der Waals surface area contributed by atoms with E-state index in [1.807, 2.05) is 17.0 Å². The van der Waals surface area contributed by atoms with Gasteiger partial charge in [-0.15, -0.1) is 0 Å². The van der Waals surface area contributed by atoms with Gasteiger partial charge in [-0.3, -0.25) is 9.52 Å². The summed E-state index contributed by atoms with van der Waals surface area (Å²) in [4.78, 5) is 22.3. The van der Waals surface area contributed by atoms with Gasteiger partial charge in [-0.2, -0.15) is 0 Å². The van der Waals surface area contributed by atoms with Crippen LogP contribution in [-0.2, 0) is 16.4 Å². The van der Waals surface area contributed by atoms with E-state index < -0.39 is 10.0 Å². The lowest BCUT2D eigenvalue weighted by atomic mass is 9.98. The predicted octanol–water partition coefficient (Wildman–Crippen LogP) is 3.36. The van der Waals surface area contributed by atoms with E-state index in [1.54, 1.807) is 18.2 Å². The SMILES string of the molecule is CC(C)Cc1ccc(S(=O)(=O)Nc2cnc(N3CCNCC3)c(C(=O)N3CCC(C)CC3)c2)cc1. The number of anilines is 2. The molecule has 9 heteroatoms. The van der Waals surface area contributed by atoms with Crippen molar-refractivity contribution < 1.29 is 13.2 Å². The standard InChI is InChI=1S/C26H37N5O3S/c1-19(2)16-21-4-6-23(7-5-21)35(33,34)29-22-17-24(26(32)31-12-8-20(3)9-13-31)25(28-18-22)30-14-10-27-11-15-30/h4-7,17-20,27,29H,8-16H2,1-3H3. The molecule has 0 radical (unpaired) electrons. The minimum atomic E-state index is -3.81. The minimum Gasteiger partial charge on any atom is -0.353 e. The van der Waals surface area contributed by atoms with Gasteiger partial charge in [0.2, 0.25) is 0 Å². The average Bonchev–Trinajstić information content (AvgIpc) is 2.84. The highest BCUT2D eigenvalue weighted by atomic mass is 32.2. The molecule has 0 unspecified atom stereocenters. The number of hydrogen-bond donors (Lipinski definition) is 2. The van der Waals surface area contributed by atoms with Gasteiger partial charge in [0, 0.05) is 39.3 Å². The summed E-state index contributed by atoms with van der Waals surface area (Å²) in [6.07, 6.45) is 4.35. The second-order valence-electron chi connectivity index (χ2n) is 10.2. The number of benzene rings is 1. The largest absolute Gasteiger partial charge is 0.353 e. The molecule has 8 nitrogen and oxygen atoms in total. The van der Waals surface area contributed by atoms with Crippen LogP contribution in [0, 0.1) is 11.8 Å². The zero-order valence-corrected chi connectivity index (χ0v) is 21.8. The molecule has 35 heavy (non-hydrogen) atoms. The van der Waals surface area contributed by atoms with Gasteiger partial charge in [0.25, 0.3) is 15.9 Å². The maximum atomic E-state index is 13.5. The Kier molecular flexibility index (Phi) is 7.96. The van der Waals surface area contributed by atoms with Crippen molar-refractivity contribution in [3.05, 3.63) is 47.7 Å².